The van der Waals surface area contributed by atoms with Gasteiger partial charge in [0.25, 0.3) is 0 Å². The summed E-state index contributed by atoms with van der Waals surface area (Å²) in [6.07, 6.45) is 2.80. The number of hydrogen-bond acceptors (Lipinski definition) is 5. The van der Waals surface area contributed by atoms with Crippen molar-refractivity contribution in [3.8, 4) is 0 Å². The van der Waals surface area contributed by atoms with E-state index in [1.165, 1.54) is 21.9 Å². The molecule has 0 radical (unpaired) electrons. The van der Waals surface area contributed by atoms with Crippen molar-refractivity contribution in [2.45, 2.75) is 26.2 Å². The van der Waals surface area contributed by atoms with Crippen LogP contribution in [0.15, 0.2) is 72.9 Å². The smallest absolute Gasteiger partial charge is 0.159 e. The fraction of sp³-hybridized carbons (Fsp3) is 0.296. The van der Waals surface area contributed by atoms with E-state index in [4.69, 9.17) is 10.1 Å². The van der Waals surface area contributed by atoms with Gasteiger partial charge in [-0.2, -0.15) is 5.10 Å². The number of piperazine rings is 1. The van der Waals surface area contributed by atoms with Gasteiger partial charge in [-0.1, -0.05) is 74.5 Å². The van der Waals surface area contributed by atoms with Gasteiger partial charge in [-0.05, 0) is 23.1 Å². The van der Waals surface area contributed by atoms with Gasteiger partial charge in [-0.25, -0.2) is 4.98 Å². The first-order valence-electron chi connectivity index (χ1n) is 11.4. The molecular weight excluding hydrogens is 394 g/mol. The molecule has 0 N–H and O–H groups in total. The summed E-state index contributed by atoms with van der Waals surface area (Å²) in [5.41, 5.74) is 3.57. The minimum Gasteiger partial charge on any atom is -0.353 e. The molecule has 5 nitrogen and oxygen atoms in total. The Labute approximate surface area is 189 Å². The first-order chi connectivity index (χ1) is 15.7. The molecule has 4 aromatic rings. The minimum atomic E-state index is 0.505. The van der Waals surface area contributed by atoms with Crippen molar-refractivity contribution in [3.05, 3.63) is 89.7 Å². The van der Waals surface area contributed by atoms with Crippen molar-refractivity contribution < 1.29 is 0 Å². The van der Waals surface area contributed by atoms with Crippen molar-refractivity contribution in [1.29, 1.82) is 0 Å². The SMILES string of the molecule is CC(C)c1ccc(N2CCN(c3nnc(Cc4ccccc4)c4ccccc34)CC2)nc1. The van der Waals surface area contributed by atoms with E-state index in [2.05, 4.69) is 89.4 Å². The van der Waals surface area contributed by atoms with Crippen LogP contribution in [0.1, 0.15) is 36.6 Å². The normalized spacial score (nSPS) is 14.3. The van der Waals surface area contributed by atoms with E-state index in [9.17, 15) is 0 Å². The van der Waals surface area contributed by atoms with Crippen molar-refractivity contribution in [2.24, 2.45) is 0 Å². The molecule has 5 rings (SSSR count). The number of benzene rings is 2. The fourth-order valence-electron chi connectivity index (χ4n) is 4.37. The van der Waals surface area contributed by atoms with Crippen LogP contribution in [0.4, 0.5) is 11.6 Å². The first kappa shape index (κ1) is 20.4. The molecule has 0 amide bonds. The van der Waals surface area contributed by atoms with Gasteiger partial charge in [0.15, 0.2) is 5.82 Å². The van der Waals surface area contributed by atoms with Gasteiger partial charge < -0.3 is 9.80 Å². The Morgan fingerprint density at radius 3 is 2.12 bits per heavy atom. The highest BCUT2D eigenvalue weighted by molar-refractivity contribution is 5.93. The van der Waals surface area contributed by atoms with Gasteiger partial charge in [0.2, 0.25) is 0 Å². The Kier molecular flexibility index (Phi) is 5.71. The molecule has 2 aromatic carbocycles. The number of hydrogen-bond donors (Lipinski definition) is 0. The number of fused-ring (bicyclic) bond motifs is 1. The van der Waals surface area contributed by atoms with E-state index < -0.39 is 0 Å². The summed E-state index contributed by atoms with van der Waals surface area (Å²) in [7, 11) is 0. The quantitative estimate of drug-likeness (QED) is 0.449. The van der Waals surface area contributed by atoms with Crippen LogP contribution in [0.5, 0.6) is 0 Å². The number of anilines is 2. The standard InChI is InChI=1S/C27H29N5/c1-20(2)22-12-13-26(28-19-22)31-14-16-32(17-15-31)27-24-11-7-6-10-23(24)25(29-30-27)18-21-8-4-3-5-9-21/h3-13,19-20H,14-18H2,1-2H3. The number of nitrogens with zero attached hydrogens (tertiary/aromatic N) is 5. The van der Waals surface area contributed by atoms with E-state index in [1.807, 2.05) is 12.3 Å². The molecule has 3 heterocycles. The van der Waals surface area contributed by atoms with Gasteiger partial charge in [-0.15, -0.1) is 5.10 Å². The third-order valence-corrected chi connectivity index (χ3v) is 6.30. The third-order valence-electron chi connectivity index (χ3n) is 6.30. The topological polar surface area (TPSA) is 45.2 Å². The van der Waals surface area contributed by atoms with Crippen LogP contribution in [0.3, 0.4) is 0 Å². The Balaban J connectivity index is 1.35. The lowest BCUT2D eigenvalue weighted by Crippen LogP contribution is -2.47. The molecule has 0 spiro atoms. The lowest BCUT2D eigenvalue weighted by molar-refractivity contribution is 0.639. The Morgan fingerprint density at radius 2 is 1.44 bits per heavy atom. The Bertz CT molecular complexity index is 1180. The summed E-state index contributed by atoms with van der Waals surface area (Å²) < 4.78 is 0. The van der Waals surface area contributed by atoms with Crippen LogP contribution >= 0.6 is 0 Å². The molecule has 0 atom stereocenters. The van der Waals surface area contributed by atoms with E-state index in [-0.39, 0.29) is 0 Å². The molecule has 1 fully saturated rings. The second-order valence-corrected chi connectivity index (χ2v) is 8.76. The van der Waals surface area contributed by atoms with Crippen LogP contribution in [0, 0.1) is 0 Å². The molecule has 1 aliphatic heterocycles. The molecule has 0 bridgehead atoms. The van der Waals surface area contributed by atoms with Crippen LogP contribution in [-0.4, -0.2) is 41.4 Å². The highest BCUT2D eigenvalue weighted by atomic mass is 15.3. The van der Waals surface area contributed by atoms with Crippen molar-refractivity contribution >= 4 is 22.4 Å². The average Bonchev–Trinajstić information content (AvgIpc) is 2.85. The first-order valence-corrected chi connectivity index (χ1v) is 11.4. The summed E-state index contributed by atoms with van der Waals surface area (Å²) >= 11 is 0. The monoisotopic (exact) mass is 423 g/mol. The Morgan fingerprint density at radius 1 is 0.750 bits per heavy atom. The largest absolute Gasteiger partial charge is 0.353 e. The van der Waals surface area contributed by atoms with Crippen molar-refractivity contribution in [2.75, 3.05) is 36.0 Å². The van der Waals surface area contributed by atoms with E-state index >= 15 is 0 Å². The molecule has 2 aromatic heterocycles. The highest BCUT2D eigenvalue weighted by Crippen LogP contribution is 2.28. The van der Waals surface area contributed by atoms with Gasteiger partial charge in [0, 0.05) is 49.6 Å². The second-order valence-electron chi connectivity index (χ2n) is 8.76. The van der Waals surface area contributed by atoms with Crippen molar-refractivity contribution in [3.63, 3.8) is 0 Å². The van der Waals surface area contributed by atoms with E-state index in [0.717, 1.165) is 49.9 Å². The number of pyridine rings is 1. The molecule has 1 saturated heterocycles. The summed E-state index contributed by atoms with van der Waals surface area (Å²) in [6.45, 7) is 8.07. The molecule has 0 aliphatic carbocycles. The zero-order valence-corrected chi connectivity index (χ0v) is 18.8. The van der Waals surface area contributed by atoms with Gasteiger partial charge in [-0.3, -0.25) is 0 Å². The molecule has 5 heteroatoms. The molecular formula is C27H29N5. The van der Waals surface area contributed by atoms with Gasteiger partial charge in [0.1, 0.15) is 5.82 Å². The predicted octanol–water partition coefficient (Wildman–Crippen LogP) is 5.07. The van der Waals surface area contributed by atoms with Crippen molar-refractivity contribution in [1.82, 2.24) is 15.2 Å². The Hall–Kier alpha value is -3.47. The minimum absolute atomic E-state index is 0.505. The molecule has 0 saturated carbocycles. The van der Waals surface area contributed by atoms with Gasteiger partial charge in [0.05, 0.1) is 5.69 Å². The molecule has 162 valence electrons. The predicted molar refractivity (Wildman–Crippen MR) is 132 cm³/mol. The summed E-state index contributed by atoms with van der Waals surface area (Å²) in [5.74, 6) is 2.55. The average molecular weight is 424 g/mol. The van der Waals surface area contributed by atoms with Crippen LogP contribution < -0.4 is 9.80 Å². The molecule has 1 aliphatic rings. The third kappa shape index (κ3) is 4.15. The zero-order valence-electron chi connectivity index (χ0n) is 18.8. The van der Waals surface area contributed by atoms with Gasteiger partial charge >= 0.3 is 0 Å². The number of rotatable bonds is 5. The zero-order chi connectivity index (χ0) is 21.9. The number of aromatic nitrogens is 3. The van der Waals surface area contributed by atoms with Crippen LogP contribution in [0.2, 0.25) is 0 Å². The second kappa shape index (κ2) is 8.95. The van der Waals surface area contributed by atoms with Crippen LogP contribution in [0.25, 0.3) is 10.8 Å². The highest BCUT2D eigenvalue weighted by Gasteiger charge is 2.22. The van der Waals surface area contributed by atoms with E-state index in [0.29, 0.717) is 5.92 Å². The molecule has 0 unspecified atom stereocenters. The van der Waals surface area contributed by atoms with E-state index in [1.54, 1.807) is 0 Å². The fourth-order valence-corrected chi connectivity index (χ4v) is 4.37. The lowest BCUT2D eigenvalue weighted by Gasteiger charge is -2.36. The maximum Gasteiger partial charge on any atom is 0.159 e. The molecule has 32 heavy (non-hydrogen) atoms. The lowest BCUT2D eigenvalue weighted by atomic mass is 10.0. The maximum atomic E-state index is 4.70. The van der Waals surface area contributed by atoms with Crippen LogP contribution in [-0.2, 0) is 6.42 Å². The summed E-state index contributed by atoms with van der Waals surface area (Å²) in [5, 5.41) is 11.7. The summed E-state index contributed by atoms with van der Waals surface area (Å²) in [4.78, 5) is 9.43. The summed E-state index contributed by atoms with van der Waals surface area (Å²) in [6, 6.07) is 23.4. The maximum absolute atomic E-state index is 4.70.